The van der Waals surface area contributed by atoms with E-state index in [9.17, 15) is 43.2 Å². The lowest BCUT2D eigenvalue weighted by molar-refractivity contribution is -0.201. The van der Waals surface area contributed by atoms with E-state index in [1.54, 1.807) is 32.2 Å². The van der Waals surface area contributed by atoms with Crippen LogP contribution >= 0.6 is 0 Å². The molecular weight excluding hydrogens is 991 g/mol. The monoisotopic (exact) mass is 1080 g/mol. The number of carbonyl (C=O) groups excluding carboxylic acids is 9. The summed E-state index contributed by atoms with van der Waals surface area (Å²) in [6, 6.07) is 4.19. The molecule has 0 radical (unpaired) electrons. The van der Waals surface area contributed by atoms with Crippen LogP contribution in [0.5, 0.6) is 0 Å². The highest BCUT2D eigenvalue weighted by Crippen LogP contribution is 2.32. The zero-order valence-corrected chi connectivity index (χ0v) is 47.3. The van der Waals surface area contributed by atoms with Gasteiger partial charge in [-0.1, -0.05) is 73.1 Å². The first-order valence-electron chi connectivity index (χ1n) is 27.7. The number of primary amides is 1. The van der Waals surface area contributed by atoms with Gasteiger partial charge < -0.3 is 40.6 Å². The van der Waals surface area contributed by atoms with Crippen LogP contribution in [0.25, 0.3) is 10.9 Å². The summed E-state index contributed by atoms with van der Waals surface area (Å²) in [6.07, 6.45) is 5.26. The second-order valence-corrected chi connectivity index (χ2v) is 22.3. The molecule has 3 heterocycles. The molecule has 0 bridgehead atoms. The van der Waals surface area contributed by atoms with E-state index in [1.807, 2.05) is 75.7 Å². The molecule has 2 saturated heterocycles. The summed E-state index contributed by atoms with van der Waals surface area (Å²) in [4.78, 5) is 133. The number of aromatic nitrogens is 1. The number of rotatable bonds is 28. The van der Waals surface area contributed by atoms with Gasteiger partial charge in [0, 0.05) is 75.6 Å². The van der Waals surface area contributed by atoms with Crippen LogP contribution in [-0.4, -0.2) is 168 Å². The van der Waals surface area contributed by atoms with Crippen molar-refractivity contribution in [1.29, 1.82) is 0 Å². The number of methoxy groups -OCH3 is 2. The first-order chi connectivity index (χ1) is 36.5. The summed E-state index contributed by atoms with van der Waals surface area (Å²) in [5.41, 5.74) is 7.56. The number of amides is 8. The molecular formula is C56H87N9O12. The van der Waals surface area contributed by atoms with Crippen molar-refractivity contribution in [2.75, 3.05) is 41.4 Å². The summed E-state index contributed by atoms with van der Waals surface area (Å²) < 4.78 is 12.1. The highest BCUT2D eigenvalue weighted by atomic mass is 16.7. The van der Waals surface area contributed by atoms with Crippen LogP contribution in [0.4, 0.5) is 0 Å². The lowest BCUT2D eigenvalue weighted by Crippen LogP contribution is -2.60. The number of hydroxylamine groups is 2. The van der Waals surface area contributed by atoms with Crippen molar-refractivity contribution >= 4 is 64.1 Å². The van der Waals surface area contributed by atoms with E-state index >= 15 is 0 Å². The topological polar surface area (TPSA) is 272 Å². The fraction of sp³-hybridized carbons (Fsp3) is 0.696. The Kier molecular flexibility index (Phi) is 23.2. The predicted molar refractivity (Wildman–Crippen MR) is 288 cm³/mol. The quantitative estimate of drug-likeness (QED) is 0.0760. The maximum atomic E-state index is 14.5. The van der Waals surface area contributed by atoms with E-state index < -0.39 is 95.7 Å². The smallest absolute Gasteiger partial charge is 0.336 e. The van der Waals surface area contributed by atoms with Crippen LogP contribution in [0.15, 0.2) is 30.5 Å². The van der Waals surface area contributed by atoms with Crippen LogP contribution in [0.1, 0.15) is 131 Å². The second-order valence-electron chi connectivity index (χ2n) is 22.3. The normalized spacial score (nSPS) is 21.2. The minimum absolute atomic E-state index is 0.0219. The van der Waals surface area contributed by atoms with E-state index in [2.05, 4.69) is 27.9 Å². The molecule has 1 aliphatic carbocycles. The lowest BCUT2D eigenvalue weighted by Gasteiger charge is -2.43. The second kappa shape index (κ2) is 28.7. The van der Waals surface area contributed by atoms with Gasteiger partial charge in [-0.25, -0.2) is 4.79 Å². The number of aromatic amines is 1. The van der Waals surface area contributed by atoms with Crippen molar-refractivity contribution in [2.45, 2.75) is 180 Å². The molecule has 8 amide bonds. The Morgan fingerprint density at radius 3 is 2.08 bits per heavy atom. The summed E-state index contributed by atoms with van der Waals surface area (Å²) in [7, 11) is 6.69. The number of hydrogen-bond donors (Lipinski definition) is 5. The molecule has 1 aromatic heterocycles. The molecule has 2 aromatic rings. The van der Waals surface area contributed by atoms with Gasteiger partial charge in [0.05, 0.1) is 48.6 Å². The number of ether oxygens (including phenoxy) is 2. The Hall–Kier alpha value is -5.77. The SMILES string of the molecule is CC[C@H](C)[C@@H]([C@@H](CC(=O)N1CCC[C@H]1[C@H](OC)[C@@H](C)C(=O)N[C@@H](Cc1c[nH]c2ccccc12)C(N)=O)OC)N(C)[C@H](C(=O)NC(=O)[C@H](C(C)C)N(C)CCCC(=O)NC1CCC(C(=O)ON2C(=O)CCC2=O)CC1)C(C)C. The number of likely N-dealkylation sites (N-methyl/N-ethyl adjacent to an activating group) is 2. The number of imide groups is 2. The molecule has 3 aliphatic rings. The highest BCUT2D eigenvalue weighted by molar-refractivity contribution is 6.02. The molecule has 6 N–H and O–H groups in total. The molecule has 2 aliphatic heterocycles. The molecule has 77 heavy (non-hydrogen) atoms. The van der Waals surface area contributed by atoms with Gasteiger partial charge in [-0.3, -0.25) is 53.5 Å². The molecule has 9 atom stereocenters. The zero-order chi connectivity index (χ0) is 56.8. The Bertz CT molecular complexity index is 2370. The van der Waals surface area contributed by atoms with Crippen molar-refractivity contribution in [1.82, 2.24) is 40.7 Å². The van der Waals surface area contributed by atoms with E-state index in [1.165, 1.54) is 7.11 Å². The van der Waals surface area contributed by atoms with Gasteiger partial charge in [0.2, 0.25) is 35.4 Å². The number of nitrogens with two attached hydrogens (primary N) is 1. The lowest BCUT2D eigenvalue weighted by atomic mass is 9.86. The standard InChI is InChI=1S/C56H87N9O12/c1-12-34(6)50(43(75-10)30-47(69)64-28-15-19-42(64)51(76-11)35(7)53(71)60-41(52(57)70)29-37-31-58-40-18-14-13-17-39(37)40)63(9)49(33(4)5)55(73)61-54(72)48(32(2)3)62(8)27-16-20-44(66)59-38-23-21-36(22-24-38)56(74)77-65-45(67)25-26-46(65)68/h13-14,17-18,31-36,38,41-43,48-51,58H,12,15-16,19-30H2,1-11H3,(H2,57,70)(H,59,66)(H,60,71)(H,61,72,73)/t34-,35+,36?,38?,41-,42-,43+,48-,49-,50-,51+/m0/s1. The molecule has 3 fully saturated rings. The number of H-pyrrole nitrogens is 1. The zero-order valence-electron chi connectivity index (χ0n) is 47.3. The number of benzene rings is 1. The van der Waals surface area contributed by atoms with Crippen LogP contribution in [-0.2, 0) is 63.9 Å². The first kappa shape index (κ1) is 62.1. The molecule has 1 aromatic carbocycles. The Labute approximate surface area is 454 Å². The van der Waals surface area contributed by atoms with Gasteiger partial charge in [-0.2, -0.15) is 0 Å². The fourth-order valence-corrected chi connectivity index (χ4v) is 11.9. The van der Waals surface area contributed by atoms with Gasteiger partial charge in [0.1, 0.15) is 6.04 Å². The van der Waals surface area contributed by atoms with Gasteiger partial charge in [-0.05, 0) is 95.0 Å². The maximum absolute atomic E-state index is 14.5. The Balaban J connectivity index is 1.16. The molecule has 21 heteroatoms. The summed E-state index contributed by atoms with van der Waals surface area (Å²) in [5.74, 6) is -5.77. The van der Waals surface area contributed by atoms with Gasteiger partial charge >= 0.3 is 5.97 Å². The third-order valence-corrected chi connectivity index (χ3v) is 16.2. The number of para-hydroxylation sites is 1. The number of hydrogen-bond acceptors (Lipinski definition) is 14. The van der Waals surface area contributed by atoms with Crippen molar-refractivity contribution in [3.63, 3.8) is 0 Å². The van der Waals surface area contributed by atoms with Crippen molar-refractivity contribution in [2.24, 2.45) is 35.3 Å². The molecule has 5 rings (SSSR count). The minimum Gasteiger partial charge on any atom is -0.379 e. The number of nitrogens with zero attached hydrogens (tertiary/aromatic N) is 4. The summed E-state index contributed by atoms with van der Waals surface area (Å²) in [5, 5.41) is 10.1. The molecule has 1 saturated carbocycles. The average molecular weight is 1080 g/mol. The first-order valence-corrected chi connectivity index (χ1v) is 27.7. The van der Waals surface area contributed by atoms with Crippen LogP contribution < -0.4 is 21.7 Å². The number of carbonyl (C=O) groups is 9. The third kappa shape index (κ3) is 15.9. The van der Waals surface area contributed by atoms with Crippen molar-refractivity contribution in [3.8, 4) is 0 Å². The van der Waals surface area contributed by atoms with E-state index in [0.717, 1.165) is 16.5 Å². The molecule has 21 nitrogen and oxygen atoms in total. The summed E-state index contributed by atoms with van der Waals surface area (Å²) >= 11 is 0. The highest BCUT2D eigenvalue weighted by Gasteiger charge is 2.44. The van der Waals surface area contributed by atoms with Crippen LogP contribution in [0, 0.1) is 29.6 Å². The van der Waals surface area contributed by atoms with Gasteiger partial charge in [0.25, 0.3) is 11.8 Å². The average Bonchev–Trinajstić information content (AvgIpc) is 4.12. The Morgan fingerprint density at radius 1 is 0.844 bits per heavy atom. The van der Waals surface area contributed by atoms with Crippen molar-refractivity contribution in [3.05, 3.63) is 36.0 Å². The Morgan fingerprint density at radius 2 is 1.48 bits per heavy atom. The number of nitrogens with one attached hydrogen (secondary N) is 4. The molecule has 0 spiro atoms. The van der Waals surface area contributed by atoms with Crippen LogP contribution in [0.2, 0.25) is 0 Å². The fourth-order valence-electron chi connectivity index (χ4n) is 11.9. The third-order valence-electron chi connectivity index (χ3n) is 16.2. The van der Waals surface area contributed by atoms with Crippen molar-refractivity contribution < 1.29 is 57.5 Å². The van der Waals surface area contributed by atoms with E-state index in [-0.39, 0.29) is 67.7 Å². The van der Waals surface area contributed by atoms with Crippen LogP contribution in [0.3, 0.4) is 0 Å². The number of likely N-dealkylation sites (tertiary alicyclic amines) is 1. The van der Waals surface area contributed by atoms with Gasteiger partial charge in [-0.15, -0.1) is 5.06 Å². The molecule has 428 valence electrons. The number of fused-ring (bicyclic) bond motifs is 1. The van der Waals surface area contributed by atoms with E-state index in [4.69, 9.17) is 20.0 Å². The van der Waals surface area contributed by atoms with Gasteiger partial charge in [0.15, 0.2) is 0 Å². The largest absolute Gasteiger partial charge is 0.379 e. The minimum atomic E-state index is -0.982. The van der Waals surface area contributed by atoms with E-state index in [0.29, 0.717) is 69.5 Å². The maximum Gasteiger partial charge on any atom is 0.336 e. The summed E-state index contributed by atoms with van der Waals surface area (Å²) in [6.45, 7) is 14.3. The predicted octanol–water partition coefficient (Wildman–Crippen LogP) is 3.76. The molecule has 0 unspecified atom stereocenters.